The summed E-state index contributed by atoms with van der Waals surface area (Å²) in [6.07, 6.45) is 1.79. The first-order valence-corrected chi connectivity index (χ1v) is 13.7. The van der Waals surface area contributed by atoms with Crippen LogP contribution in [0.3, 0.4) is 0 Å². The maximum Gasteiger partial charge on any atom is 0.338 e. The van der Waals surface area contributed by atoms with Gasteiger partial charge in [-0.3, -0.25) is 14.5 Å². The quantitative estimate of drug-likeness (QED) is 0.366. The molecule has 3 aliphatic rings. The number of carbonyl (C=O) groups excluding carboxylic acids is 3. The van der Waals surface area contributed by atoms with Crippen molar-refractivity contribution in [1.82, 2.24) is 9.88 Å². The number of ether oxygens (including phenoxy) is 4. The van der Waals surface area contributed by atoms with E-state index in [-0.39, 0.29) is 23.8 Å². The molecule has 9 heteroatoms. The minimum Gasteiger partial charge on any atom is -0.497 e. The maximum absolute atomic E-state index is 13.3. The first-order chi connectivity index (χ1) is 19.4. The molecule has 0 radical (unpaired) electrons. The van der Waals surface area contributed by atoms with Crippen molar-refractivity contribution >= 4 is 29.1 Å². The molecule has 9 nitrogen and oxygen atoms in total. The fourth-order valence-electron chi connectivity index (χ4n) is 7.26. The summed E-state index contributed by atoms with van der Waals surface area (Å²) in [5.41, 5.74) is 4.42. The van der Waals surface area contributed by atoms with Gasteiger partial charge < -0.3 is 23.9 Å². The Morgan fingerprint density at radius 3 is 2.55 bits per heavy atom. The molecule has 1 saturated heterocycles. The van der Waals surface area contributed by atoms with Gasteiger partial charge >= 0.3 is 11.9 Å². The molecule has 1 saturated carbocycles. The second-order valence-corrected chi connectivity index (χ2v) is 11.0. The fraction of sp³-hybridized carbons (Fsp3) is 0.452. The number of methoxy groups -OCH3 is 3. The molecule has 6 atom stereocenters. The molecule has 2 aromatic carbocycles. The molecule has 1 aliphatic carbocycles. The maximum atomic E-state index is 13.3. The van der Waals surface area contributed by atoms with Crippen LogP contribution in [0.2, 0.25) is 0 Å². The van der Waals surface area contributed by atoms with Gasteiger partial charge in [-0.1, -0.05) is 12.1 Å². The van der Waals surface area contributed by atoms with Gasteiger partial charge in [-0.2, -0.15) is 0 Å². The number of esters is 2. The van der Waals surface area contributed by atoms with Crippen molar-refractivity contribution in [2.45, 2.75) is 37.5 Å². The van der Waals surface area contributed by atoms with Gasteiger partial charge in [0.15, 0.2) is 0 Å². The fourth-order valence-corrected chi connectivity index (χ4v) is 7.26. The summed E-state index contributed by atoms with van der Waals surface area (Å²) in [5, 5.41) is 1.22. The summed E-state index contributed by atoms with van der Waals surface area (Å²) in [6.45, 7) is 1.71. The summed E-state index contributed by atoms with van der Waals surface area (Å²) in [5.74, 6) is -0.463. The van der Waals surface area contributed by atoms with Crippen LogP contribution in [0.15, 0.2) is 42.5 Å². The lowest BCUT2D eigenvalue weighted by Gasteiger charge is -2.52. The Hall–Kier alpha value is -3.69. The number of aromatic nitrogens is 1. The van der Waals surface area contributed by atoms with Crippen molar-refractivity contribution in [3.05, 3.63) is 64.8 Å². The monoisotopic (exact) mass is 546 g/mol. The normalized spacial score (nSPS) is 27.7. The van der Waals surface area contributed by atoms with E-state index < -0.39 is 24.1 Å². The number of piperidine rings is 1. The molecule has 2 aliphatic heterocycles. The zero-order valence-corrected chi connectivity index (χ0v) is 22.9. The van der Waals surface area contributed by atoms with E-state index >= 15 is 0 Å². The molecule has 6 rings (SSSR count). The van der Waals surface area contributed by atoms with E-state index in [0.29, 0.717) is 17.5 Å². The molecule has 210 valence electrons. The van der Waals surface area contributed by atoms with Gasteiger partial charge in [0, 0.05) is 48.4 Å². The Morgan fingerprint density at radius 1 is 1.05 bits per heavy atom. The number of hydrogen-bond donors (Lipinski definition) is 1. The van der Waals surface area contributed by atoms with Crippen molar-refractivity contribution in [1.29, 1.82) is 0 Å². The Bertz CT molecular complexity index is 1430. The highest BCUT2D eigenvalue weighted by Crippen LogP contribution is 2.50. The molecule has 3 heterocycles. The van der Waals surface area contributed by atoms with Gasteiger partial charge in [0.1, 0.15) is 24.2 Å². The summed E-state index contributed by atoms with van der Waals surface area (Å²) in [6, 6.07) is 12.6. The standard InChI is InChI=1S/C31H34N2O7/c1-37-20-8-9-21-22-10-11-33-15-19-12-26(40-30(35)18-6-4-17(16-34)5-7-18)29(38-2)27(31(36)39-3)23(19)14-25(33)28(22)32-24(21)13-20/h4-9,13,16,19,23,25-27,29,32H,10-12,14-15H2,1-3H3. The third-order valence-corrected chi connectivity index (χ3v) is 9.14. The molecule has 1 N–H and O–H groups in total. The Balaban J connectivity index is 1.29. The Morgan fingerprint density at radius 2 is 1.85 bits per heavy atom. The van der Waals surface area contributed by atoms with E-state index in [4.69, 9.17) is 18.9 Å². The van der Waals surface area contributed by atoms with Crippen LogP contribution >= 0.6 is 0 Å². The number of benzene rings is 2. The third-order valence-electron chi connectivity index (χ3n) is 9.14. The van der Waals surface area contributed by atoms with Crippen LogP contribution in [0.25, 0.3) is 10.9 Å². The predicted molar refractivity (Wildman–Crippen MR) is 146 cm³/mol. The van der Waals surface area contributed by atoms with E-state index in [2.05, 4.69) is 16.0 Å². The van der Waals surface area contributed by atoms with E-state index in [1.165, 1.54) is 23.8 Å². The number of H-pyrrole nitrogens is 1. The van der Waals surface area contributed by atoms with Crippen LogP contribution < -0.4 is 4.74 Å². The summed E-state index contributed by atoms with van der Waals surface area (Å²) in [4.78, 5) is 43.5. The second kappa shape index (κ2) is 10.7. The van der Waals surface area contributed by atoms with Crippen LogP contribution in [0.1, 0.15) is 50.9 Å². The molecular formula is C31H34N2O7. The van der Waals surface area contributed by atoms with Gasteiger partial charge in [0.25, 0.3) is 0 Å². The zero-order valence-electron chi connectivity index (χ0n) is 22.9. The minimum atomic E-state index is -0.631. The first-order valence-electron chi connectivity index (χ1n) is 13.7. The first kappa shape index (κ1) is 26.5. The van der Waals surface area contributed by atoms with Crippen LogP contribution in [0.5, 0.6) is 5.75 Å². The van der Waals surface area contributed by atoms with Gasteiger partial charge in [0.2, 0.25) is 0 Å². The molecule has 2 fully saturated rings. The van der Waals surface area contributed by atoms with E-state index in [0.717, 1.165) is 43.5 Å². The number of aldehydes is 1. The van der Waals surface area contributed by atoms with Gasteiger partial charge in [-0.15, -0.1) is 0 Å². The number of nitrogens with zero attached hydrogens (tertiary/aromatic N) is 1. The van der Waals surface area contributed by atoms with Crippen molar-refractivity contribution in [3.8, 4) is 5.75 Å². The van der Waals surface area contributed by atoms with Crippen molar-refractivity contribution in [2.24, 2.45) is 17.8 Å². The zero-order chi connectivity index (χ0) is 28.0. The highest BCUT2D eigenvalue weighted by Gasteiger charge is 2.54. The second-order valence-electron chi connectivity index (χ2n) is 11.0. The van der Waals surface area contributed by atoms with E-state index in [1.54, 1.807) is 38.5 Å². The number of carbonyl (C=O) groups is 3. The smallest absolute Gasteiger partial charge is 0.338 e. The minimum absolute atomic E-state index is 0.00683. The van der Waals surface area contributed by atoms with Crippen LogP contribution in [0.4, 0.5) is 0 Å². The number of fused-ring (bicyclic) bond motifs is 6. The van der Waals surface area contributed by atoms with E-state index in [9.17, 15) is 14.4 Å². The lowest BCUT2D eigenvalue weighted by molar-refractivity contribution is -0.176. The highest BCUT2D eigenvalue weighted by atomic mass is 16.6. The Labute approximate surface area is 232 Å². The van der Waals surface area contributed by atoms with Gasteiger partial charge in [0.05, 0.1) is 31.7 Å². The average Bonchev–Trinajstić information content (AvgIpc) is 3.37. The molecule has 3 aromatic rings. The van der Waals surface area contributed by atoms with Crippen LogP contribution in [-0.2, 0) is 25.4 Å². The Kier molecular flexibility index (Phi) is 7.10. The molecule has 0 bridgehead atoms. The SMILES string of the molecule is COC(=O)C1C2CC3c4[nH]c5cc(OC)ccc5c4CCN3CC2CC(OC(=O)c2ccc(C=O)cc2)C1OC. The largest absolute Gasteiger partial charge is 0.497 e. The summed E-state index contributed by atoms with van der Waals surface area (Å²) < 4.78 is 22.6. The number of nitrogens with one attached hydrogen (secondary N) is 1. The lowest BCUT2D eigenvalue weighted by Crippen LogP contribution is -2.58. The summed E-state index contributed by atoms with van der Waals surface area (Å²) >= 11 is 0. The predicted octanol–water partition coefficient (Wildman–Crippen LogP) is 3.96. The van der Waals surface area contributed by atoms with Gasteiger partial charge in [-0.05, 0) is 60.9 Å². The number of aromatic amines is 1. The van der Waals surface area contributed by atoms with Crippen LogP contribution in [0, 0.1) is 17.8 Å². The highest BCUT2D eigenvalue weighted by molar-refractivity contribution is 5.90. The topological polar surface area (TPSA) is 107 Å². The van der Waals surface area contributed by atoms with Crippen molar-refractivity contribution < 1.29 is 33.3 Å². The number of hydrogen-bond acceptors (Lipinski definition) is 8. The summed E-state index contributed by atoms with van der Waals surface area (Å²) in [7, 11) is 4.62. The van der Waals surface area contributed by atoms with E-state index in [1.807, 2.05) is 12.1 Å². The number of rotatable bonds is 6. The average molecular weight is 547 g/mol. The van der Waals surface area contributed by atoms with Gasteiger partial charge in [-0.25, -0.2) is 4.79 Å². The molecular weight excluding hydrogens is 512 g/mol. The van der Waals surface area contributed by atoms with Crippen molar-refractivity contribution in [2.75, 3.05) is 34.4 Å². The molecule has 0 spiro atoms. The molecule has 1 aromatic heterocycles. The molecule has 0 amide bonds. The van der Waals surface area contributed by atoms with Crippen molar-refractivity contribution in [3.63, 3.8) is 0 Å². The molecule has 6 unspecified atom stereocenters. The molecule has 40 heavy (non-hydrogen) atoms. The third kappa shape index (κ3) is 4.47. The lowest BCUT2D eigenvalue weighted by atomic mass is 9.63. The van der Waals surface area contributed by atoms with Crippen LogP contribution in [-0.4, -0.2) is 74.7 Å².